The van der Waals surface area contributed by atoms with Crippen LogP contribution in [0.25, 0.3) is 0 Å². The molecular weight excluding hydrogens is 286 g/mol. The van der Waals surface area contributed by atoms with E-state index >= 15 is 0 Å². The summed E-state index contributed by atoms with van der Waals surface area (Å²) in [5, 5.41) is 0. The quantitative estimate of drug-likeness (QED) is 0.680. The second-order valence-electron chi connectivity index (χ2n) is 5.77. The molecule has 2 aromatic carbocycles. The molecule has 0 saturated carbocycles. The van der Waals surface area contributed by atoms with Crippen LogP contribution in [0.15, 0.2) is 41.4 Å². The molecule has 0 unspecified atom stereocenters. The summed E-state index contributed by atoms with van der Waals surface area (Å²) in [5.74, 6) is 1.92. The standard InChI is InChI=1S/C20H25NO2/c1-6-23-18-11-10-16(12-19(18)22-5)13-21-20-15(4)8-7-9-17(20)14(2)3/h7-14H,6H2,1-5H3. The maximum atomic E-state index is 5.55. The molecule has 0 heterocycles. The first kappa shape index (κ1) is 17.1. The fourth-order valence-electron chi connectivity index (χ4n) is 2.50. The lowest BCUT2D eigenvalue weighted by Gasteiger charge is -2.12. The molecule has 0 saturated heterocycles. The van der Waals surface area contributed by atoms with Gasteiger partial charge in [-0.15, -0.1) is 0 Å². The highest BCUT2D eigenvalue weighted by molar-refractivity contribution is 5.84. The molecule has 0 aliphatic heterocycles. The van der Waals surface area contributed by atoms with Crippen LogP contribution in [0.1, 0.15) is 43.4 Å². The van der Waals surface area contributed by atoms with Gasteiger partial charge in [0.25, 0.3) is 0 Å². The molecular formula is C20H25NO2. The lowest BCUT2D eigenvalue weighted by molar-refractivity contribution is 0.311. The minimum absolute atomic E-state index is 0.442. The van der Waals surface area contributed by atoms with Gasteiger partial charge in [-0.25, -0.2) is 0 Å². The molecule has 23 heavy (non-hydrogen) atoms. The summed E-state index contributed by atoms with van der Waals surface area (Å²) in [4.78, 5) is 4.73. The average Bonchev–Trinajstić information content (AvgIpc) is 2.54. The maximum Gasteiger partial charge on any atom is 0.161 e. The van der Waals surface area contributed by atoms with Crippen LogP contribution in [0.4, 0.5) is 5.69 Å². The zero-order valence-electron chi connectivity index (χ0n) is 14.6. The zero-order chi connectivity index (χ0) is 16.8. The van der Waals surface area contributed by atoms with E-state index in [-0.39, 0.29) is 0 Å². The van der Waals surface area contributed by atoms with Crippen molar-refractivity contribution >= 4 is 11.9 Å². The first-order valence-corrected chi connectivity index (χ1v) is 8.01. The molecule has 0 bridgehead atoms. The van der Waals surface area contributed by atoms with Crippen LogP contribution in [-0.2, 0) is 0 Å². The lowest BCUT2D eigenvalue weighted by Crippen LogP contribution is -1.96. The van der Waals surface area contributed by atoms with E-state index in [1.165, 1.54) is 11.1 Å². The second kappa shape index (κ2) is 7.82. The van der Waals surface area contributed by atoms with Crippen molar-refractivity contribution in [1.82, 2.24) is 0 Å². The Morgan fingerprint density at radius 3 is 2.57 bits per heavy atom. The first-order chi connectivity index (χ1) is 11.1. The molecule has 2 rings (SSSR count). The molecule has 0 atom stereocenters. The normalized spacial score (nSPS) is 11.2. The highest BCUT2D eigenvalue weighted by atomic mass is 16.5. The summed E-state index contributed by atoms with van der Waals surface area (Å²) in [5.41, 5.74) is 4.49. The number of methoxy groups -OCH3 is 1. The van der Waals surface area contributed by atoms with Crippen molar-refractivity contribution in [2.24, 2.45) is 4.99 Å². The summed E-state index contributed by atoms with van der Waals surface area (Å²) in [6.45, 7) is 9.05. The third kappa shape index (κ3) is 4.13. The third-order valence-corrected chi connectivity index (χ3v) is 3.72. The molecule has 0 fully saturated rings. The van der Waals surface area contributed by atoms with Crippen molar-refractivity contribution in [3.05, 3.63) is 53.1 Å². The van der Waals surface area contributed by atoms with Crippen LogP contribution in [0.2, 0.25) is 0 Å². The third-order valence-electron chi connectivity index (χ3n) is 3.72. The van der Waals surface area contributed by atoms with Gasteiger partial charge in [0.15, 0.2) is 11.5 Å². The van der Waals surface area contributed by atoms with Crippen LogP contribution < -0.4 is 9.47 Å². The maximum absolute atomic E-state index is 5.55. The van der Waals surface area contributed by atoms with Crippen molar-refractivity contribution in [3.8, 4) is 11.5 Å². The number of rotatable bonds is 6. The Balaban J connectivity index is 2.34. The Kier molecular flexibility index (Phi) is 5.80. The van der Waals surface area contributed by atoms with Gasteiger partial charge in [-0.05, 0) is 54.7 Å². The Hall–Kier alpha value is -2.29. The van der Waals surface area contributed by atoms with E-state index in [1.54, 1.807) is 7.11 Å². The van der Waals surface area contributed by atoms with Gasteiger partial charge in [0, 0.05) is 6.21 Å². The summed E-state index contributed by atoms with van der Waals surface area (Å²) < 4.78 is 10.9. The fraction of sp³-hybridized carbons (Fsp3) is 0.350. The molecule has 0 amide bonds. The van der Waals surface area contributed by atoms with Gasteiger partial charge in [0.2, 0.25) is 0 Å². The monoisotopic (exact) mass is 311 g/mol. The molecule has 0 radical (unpaired) electrons. The molecule has 122 valence electrons. The second-order valence-corrected chi connectivity index (χ2v) is 5.77. The van der Waals surface area contributed by atoms with E-state index in [0.29, 0.717) is 12.5 Å². The molecule has 0 aliphatic rings. The van der Waals surface area contributed by atoms with Crippen molar-refractivity contribution in [3.63, 3.8) is 0 Å². The topological polar surface area (TPSA) is 30.8 Å². The first-order valence-electron chi connectivity index (χ1n) is 8.01. The van der Waals surface area contributed by atoms with Crippen LogP contribution in [0, 0.1) is 6.92 Å². The van der Waals surface area contributed by atoms with Gasteiger partial charge < -0.3 is 9.47 Å². The number of ether oxygens (including phenoxy) is 2. The van der Waals surface area contributed by atoms with Crippen molar-refractivity contribution in [1.29, 1.82) is 0 Å². The van der Waals surface area contributed by atoms with Crippen molar-refractivity contribution in [2.45, 2.75) is 33.6 Å². The molecule has 0 aliphatic carbocycles. The molecule has 2 aromatic rings. The number of aryl methyl sites for hydroxylation is 1. The van der Waals surface area contributed by atoms with E-state index < -0.39 is 0 Å². The number of nitrogens with zero attached hydrogens (tertiary/aromatic N) is 1. The van der Waals surface area contributed by atoms with Gasteiger partial charge in [0.05, 0.1) is 19.4 Å². The summed E-state index contributed by atoms with van der Waals surface area (Å²) in [6, 6.07) is 12.2. The number of hydrogen-bond donors (Lipinski definition) is 0. The predicted molar refractivity (Wildman–Crippen MR) is 96.7 cm³/mol. The van der Waals surface area contributed by atoms with Gasteiger partial charge in [-0.2, -0.15) is 0 Å². The van der Waals surface area contributed by atoms with Crippen LogP contribution in [0.3, 0.4) is 0 Å². The van der Waals surface area contributed by atoms with E-state index in [9.17, 15) is 0 Å². The Labute approximate surface area is 139 Å². The van der Waals surface area contributed by atoms with Crippen molar-refractivity contribution in [2.75, 3.05) is 13.7 Å². The van der Waals surface area contributed by atoms with E-state index in [4.69, 9.17) is 14.5 Å². The fourth-order valence-corrected chi connectivity index (χ4v) is 2.50. The van der Waals surface area contributed by atoms with Gasteiger partial charge in [0.1, 0.15) is 0 Å². The molecule has 3 nitrogen and oxygen atoms in total. The highest BCUT2D eigenvalue weighted by Crippen LogP contribution is 2.31. The number of aliphatic imine (C=N–C) groups is 1. The van der Waals surface area contributed by atoms with Gasteiger partial charge >= 0.3 is 0 Å². The number of para-hydroxylation sites is 1. The average molecular weight is 311 g/mol. The summed E-state index contributed by atoms with van der Waals surface area (Å²) >= 11 is 0. The number of hydrogen-bond acceptors (Lipinski definition) is 3. The Bertz CT molecular complexity index is 690. The van der Waals surface area contributed by atoms with E-state index in [2.05, 4.69) is 39.0 Å². The van der Waals surface area contributed by atoms with Crippen LogP contribution in [-0.4, -0.2) is 19.9 Å². The summed E-state index contributed by atoms with van der Waals surface area (Å²) in [7, 11) is 1.65. The van der Waals surface area contributed by atoms with Gasteiger partial charge in [-0.3, -0.25) is 4.99 Å². The van der Waals surface area contributed by atoms with Gasteiger partial charge in [-0.1, -0.05) is 32.0 Å². The van der Waals surface area contributed by atoms with E-state index in [1.807, 2.05) is 31.3 Å². The molecule has 0 spiro atoms. The Morgan fingerprint density at radius 2 is 1.91 bits per heavy atom. The predicted octanol–water partition coefficient (Wildman–Crippen LogP) is 5.28. The zero-order valence-corrected chi connectivity index (χ0v) is 14.6. The molecule has 0 aromatic heterocycles. The molecule has 3 heteroatoms. The smallest absolute Gasteiger partial charge is 0.161 e. The van der Waals surface area contributed by atoms with E-state index in [0.717, 1.165) is 22.7 Å². The SMILES string of the molecule is CCOc1ccc(C=Nc2c(C)cccc2C(C)C)cc1OC. The minimum Gasteiger partial charge on any atom is -0.493 e. The Morgan fingerprint density at radius 1 is 1.13 bits per heavy atom. The molecule has 0 N–H and O–H groups in total. The minimum atomic E-state index is 0.442. The number of benzene rings is 2. The van der Waals surface area contributed by atoms with Crippen LogP contribution in [0.5, 0.6) is 11.5 Å². The lowest BCUT2D eigenvalue weighted by atomic mass is 9.98. The summed E-state index contributed by atoms with van der Waals surface area (Å²) in [6.07, 6.45) is 1.88. The van der Waals surface area contributed by atoms with Crippen molar-refractivity contribution < 1.29 is 9.47 Å². The largest absolute Gasteiger partial charge is 0.493 e. The highest BCUT2D eigenvalue weighted by Gasteiger charge is 2.08. The van der Waals surface area contributed by atoms with Crippen LogP contribution >= 0.6 is 0 Å².